The van der Waals surface area contributed by atoms with E-state index in [0.717, 1.165) is 6.07 Å². The number of aromatic carboxylic acids is 1. The molecular formula is C13H13F3N2O3. The SMILES string of the molecule is O=C(O)c1ccnc(C(=O)N2CCC(C(F)(F)F)CC2)c1. The minimum atomic E-state index is -4.24. The van der Waals surface area contributed by atoms with Crippen LogP contribution in [0.25, 0.3) is 0 Å². The molecule has 21 heavy (non-hydrogen) atoms. The van der Waals surface area contributed by atoms with Crippen molar-refractivity contribution in [2.75, 3.05) is 13.1 Å². The summed E-state index contributed by atoms with van der Waals surface area (Å²) in [6, 6.07) is 2.37. The van der Waals surface area contributed by atoms with Gasteiger partial charge in [0.05, 0.1) is 11.5 Å². The normalized spacial score (nSPS) is 16.8. The van der Waals surface area contributed by atoms with Crippen LogP contribution in [0.2, 0.25) is 0 Å². The van der Waals surface area contributed by atoms with E-state index in [1.165, 1.54) is 17.2 Å². The number of nitrogens with zero attached hydrogens (tertiary/aromatic N) is 2. The third kappa shape index (κ3) is 3.50. The number of hydrogen-bond donors (Lipinski definition) is 1. The van der Waals surface area contributed by atoms with E-state index in [4.69, 9.17) is 5.11 Å². The molecule has 0 radical (unpaired) electrons. The second kappa shape index (κ2) is 5.71. The topological polar surface area (TPSA) is 70.5 Å². The number of aromatic nitrogens is 1. The summed E-state index contributed by atoms with van der Waals surface area (Å²) in [5.41, 5.74) is -0.154. The lowest BCUT2D eigenvalue weighted by Crippen LogP contribution is -2.42. The molecule has 0 aromatic carbocycles. The molecule has 2 rings (SSSR count). The van der Waals surface area contributed by atoms with E-state index in [9.17, 15) is 22.8 Å². The number of carbonyl (C=O) groups excluding carboxylic acids is 1. The second-order valence-corrected chi connectivity index (χ2v) is 4.84. The predicted octanol–water partition coefficient (Wildman–Crippen LogP) is 2.19. The van der Waals surface area contributed by atoms with Gasteiger partial charge in [0.1, 0.15) is 5.69 Å². The first-order chi connectivity index (χ1) is 9.79. The van der Waals surface area contributed by atoms with Crippen LogP contribution in [-0.2, 0) is 0 Å². The number of carbonyl (C=O) groups is 2. The van der Waals surface area contributed by atoms with Gasteiger partial charge in [-0.1, -0.05) is 0 Å². The van der Waals surface area contributed by atoms with Gasteiger partial charge in [-0.3, -0.25) is 9.78 Å². The van der Waals surface area contributed by atoms with Gasteiger partial charge >= 0.3 is 12.1 Å². The summed E-state index contributed by atoms with van der Waals surface area (Å²) >= 11 is 0. The average molecular weight is 302 g/mol. The van der Waals surface area contributed by atoms with Crippen LogP contribution >= 0.6 is 0 Å². The molecule has 0 atom stereocenters. The molecule has 0 aliphatic carbocycles. The lowest BCUT2D eigenvalue weighted by Gasteiger charge is -2.32. The summed E-state index contributed by atoms with van der Waals surface area (Å²) < 4.78 is 37.7. The minimum absolute atomic E-state index is 0.0119. The first-order valence-corrected chi connectivity index (χ1v) is 6.34. The van der Waals surface area contributed by atoms with Gasteiger partial charge < -0.3 is 10.0 Å². The summed E-state index contributed by atoms with van der Waals surface area (Å²) in [7, 11) is 0. The van der Waals surface area contributed by atoms with E-state index in [1.807, 2.05) is 0 Å². The van der Waals surface area contributed by atoms with Crippen molar-refractivity contribution in [2.45, 2.75) is 19.0 Å². The Bertz CT molecular complexity index is 552. The Morgan fingerprint density at radius 2 is 1.90 bits per heavy atom. The molecule has 0 spiro atoms. The van der Waals surface area contributed by atoms with Crippen molar-refractivity contribution >= 4 is 11.9 Å². The number of carboxylic acid groups (broad SMARTS) is 1. The van der Waals surface area contributed by atoms with Crippen molar-refractivity contribution in [3.8, 4) is 0 Å². The fraction of sp³-hybridized carbons (Fsp3) is 0.462. The highest BCUT2D eigenvalue weighted by atomic mass is 19.4. The van der Waals surface area contributed by atoms with E-state index < -0.39 is 24.0 Å². The zero-order chi connectivity index (χ0) is 15.6. The highest BCUT2D eigenvalue weighted by molar-refractivity contribution is 5.95. The molecule has 1 saturated heterocycles. The van der Waals surface area contributed by atoms with Gasteiger partial charge in [0, 0.05) is 19.3 Å². The summed E-state index contributed by atoms with van der Waals surface area (Å²) in [6.45, 7) is -0.0238. The van der Waals surface area contributed by atoms with Crippen molar-refractivity contribution in [1.82, 2.24) is 9.88 Å². The van der Waals surface area contributed by atoms with Crippen LogP contribution in [0.15, 0.2) is 18.3 Å². The van der Waals surface area contributed by atoms with Gasteiger partial charge in [0.15, 0.2) is 0 Å². The molecule has 0 bridgehead atoms. The second-order valence-electron chi connectivity index (χ2n) is 4.84. The first kappa shape index (κ1) is 15.3. The fourth-order valence-corrected chi connectivity index (χ4v) is 2.25. The molecule has 0 unspecified atom stereocenters. The average Bonchev–Trinajstić information content (AvgIpc) is 2.46. The van der Waals surface area contributed by atoms with Gasteiger partial charge in [0.2, 0.25) is 0 Å². The molecule has 1 aromatic heterocycles. The Kier molecular flexibility index (Phi) is 4.15. The molecule has 1 aliphatic heterocycles. The first-order valence-electron chi connectivity index (χ1n) is 6.34. The Morgan fingerprint density at radius 1 is 1.29 bits per heavy atom. The van der Waals surface area contributed by atoms with Crippen molar-refractivity contribution in [1.29, 1.82) is 0 Å². The van der Waals surface area contributed by atoms with Gasteiger partial charge in [-0.15, -0.1) is 0 Å². The minimum Gasteiger partial charge on any atom is -0.478 e. The van der Waals surface area contributed by atoms with Gasteiger partial charge in [-0.05, 0) is 25.0 Å². The van der Waals surface area contributed by atoms with Gasteiger partial charge in [-0.2, -0.15) is 13.2 Å². The number of hydrogen-bond acceptors (Lipinski definition) is 3. The molecule has 114 valence electrons. The van der Waals surface area contributed by atoms with E-state index in [2.05, 4.69) is 4.98 Å². The Morgan fingerprint density at radius 3 is 2.43 bits per heavy atom. The van der Waals surface area contributed by atoms with Crippen LogP contribution in [-0.4, -0.2) is 46.1 Å². The molecule has 5 nitrogen and oxygen atoms in total. The number of carboxylic acids is 1. The molecule has 8 heteroatoms. The smallest absolute Gasteiger partial charge is 0.391 e. The highest BCUT2D eigenvalue weighted by Crippen LogP contribution is 2.34. The Labute approximate surface area is 118 Å². The summed E-state index contributed by atoms with van der Waals surface area (Å²) in [4.78, 5) is 28.0. The number of rotatable bonds is 2. The van der Waals surface area contributed by atoms with Crippen molar-refractivity contribution in [3.63, 3.8) is 0 Å². The quantitative estimate of drug-likeness (QED) is 0.909. The third-order valence-electron chi connectivity index (χ3n) is 3.47. The standard InChI is InChI=1S/C13H13F3N2O3/c14-13(15,16)9-2-5-18(6-3-9)11(19)10-7-8(12(20)21)1-4-17-10/h1,4,7,9H,2-3,5-6H2,(H,20,21). The van der Waals surface area contributed by atoms with Crippen LogP contribution in [0, 0.1) is 5.92 Å². The van der Waals surface area contributed by atoms with E-state index in [1.54, 1.807) is 0 Å². The van der Waals surface area contributed by atoms with Crippen LogP contribution < -0.4 is 0 Å². The molecule has 1 aliphatic rings. The molecule has 1 aromatic rings. The van der Waals surface area contributed by atoms with E-state index in [-0.39, 0.29) is 37.2 Å². The number of pyridine rings is 1. The number of piperidine rings is 1. The van der Waals surface area contributed by atoms with Crippen LogP contribution in [0.1, 0.15) is 33.7 Å². The maximum atomic E-state index is 12.6. The number of alkyl halides is 3. The zero-order valence-corrected chi connectivity index (χ0v) is 10.9. The van der Waals surface area contributed by atoms with Gasteiger partial charge in [0.25, 0.3) is 5.91 Å². The lowest BCUT2D eigenvalue weighted by atomic mass is 9.96. The Balaban J connectivity index is 2.05. The number of halogens is 3. The third-order valence-corrected chi connectivity index (χ3v) is 3.47. The molecule has 1 amide bonds. The maximum Gasteiger partial charge on any atom is 0.391 e. The van der Waals surface area contributed by atoms with Crippen LogP contribution in [0.3, 0.4) is 0 Å². The van der Waals surface area contributed by atoms with Crippen molar-refractivity contribution < 1.29 is 27.9 Å². The predicted molar refractivity (Wildman–Crippen MR) is 65.9 cm³/mol. The molecule has 2 heterocycles. The Hall–Kier alpha value is -2.12. The highest BCUT2D eigenvalue weighted by Gasteiger charge is 2.41. The van der Waals surface area contributed by atoms with Crippen LogP contribution in [0.5, 0.6) is 0 Å². The summed E-state index contributed by atoms with van der Waals surface area (Å²) in [5.74, 6) is -3.12. The van der Waals surface area contributed by atoms with Gasteiger partial charge in [-0.25, -0.2) is 4.79 Å². The summed E-state index contributed by atoms with van der Waals surface area (Å²) in [6.07, 6.45) is -3.34. The summed E-state index contributed by atoms with van der Waals surface area (Å²) in [5, 5.41) is 8.85. The maximum absolute atomic E-state index is 12.6. The number of likely N-dealkylation sites (tertiary alicyclic amines) is 1. The molecule has 1 fully saturated rings. The zero-order valence-electron chi connectivity index (χ0n) is 10.9. The largest absolute Gasteiger partial charge is 0.478 e. The fourth-order valence-electron chi connectivity index (χ4n) is 2.25. The number of amides is 1. The van der Waals surface area contributed by atoms with Crippen molar-refractivity contribution in [2.24, 2.45) is 5.92 Å². The molecule has 0 saturated carbocycles. The molecule has 1 N–H and O–H groups in total. The van der Waals surface area contributed by atoms with E-state index >= 15 is 0 Å². The molecular weight excluding hydrogens is 289 g/mol. The van der Waals surface area contributed by atoms with E-state index in [0.29, 0.717) is 0 Å². The monoisotopic (exact) mass is 302 g/mol. The van der Waals surface area contributed by atoms with Crippen molar-refractivity contribution in [3.05, 3.63) is 29.6 Å². The van der Waals surface area contributed by atoms with Crippen LogP contribution in [0.4, 0.5) is 13.2 Å². The lowest BCUT2D eigenvalue weighted by molar-refractivity contribution is -0.183.